The largest absolute Gasteiger partial charge is 0.508 e. The summed E-state index contributed by atoms with van der Waals surface area (Å²) in [6.07, 6.45) is 0.602. The van der Waals surface area contributed by atoms with Gasteiger partial charge in [-0.15, -0.1) is 0 Å². The van der Waals surface area contributed by atoms with Crippen LogP contribution in [-0.2, 0) is 11.3 Å². The smallest absolute Gasteiger partial charge is 0.311 e. The Labute approximate surface area is 123 Å². The molecule has 2 aromatic rings. The molecule has 0 saturated heterocycles. The van der Waals surface area contributed by atoms with Crippen LogP contribution in [0.2, 0.25) is 0 Å². The van der Waals surface area contributed by atoms with Crippen LogP contribution in [-0.4, -0.2) is 22.7 Å². The van der Waals surface area contributed by atoms with E-state index in [2.05, 4.69) is 4.90 Å². The van der Waals surface area contributed by atoms with E-state index >= 15 is 0 Å². The van der Waals surface area contributed by atoms with E-state index in [1.54, 1.807) is 12.1 Å². The summed E-state index contributed by atoms with van der Waals surface area (Å²) >= 11 is 0. The second-order valence-electron chi connectivity index (χ2n) is 5.33. The number of carboxylic acids is 1. The fourth-order valence-corrected chi connectivity index (χ4v) is 2.93. The molecule has 1 aliphatic rings. The molecule has 21 heavy (non-hydrogen) atoms. The summed E-state index contributed by atoms with van der Waals surface area (Å²) in [4.78, 5) is 13.5. The van der Waals surface area contributed by atoms with Gasteiger partial charge in [0, 0.05) is 18.8 Å². The number of hydrogen-bond donors (Lipinski definition) is 2. The van der Waals surface area contributed by atoms with Crippen molar-refractivity contribution < 1.29 is 15.0 Å². The van der Waals surface area contributed by atoms with Gasteiger partial charge in [-0.1, -0.05) is 30.3 Å². The zero-order valence-corrected chi connectivity index (χ0v) is 11.6. The third kappa shape index (κ3) is 2.70. The highest BCUT2D eigenvalue weighted by atomic mass is 16.4. The number of aromatic hydroxyl groups is 1. The molecule has 0 aliphatic carbocycles. The van der Waals surface area contributed by atoms with Crippen molar-refractivity contribution in [3.05, 3.63) is 59.7 Å². The summed E-state index contributed by atoms with van der Waals surface area (Å²) in [5.74, 6) is -0.942. The topological polar surface area (TPSA) is 60.8 Å². The second kappa shape index (κ2) is 5.48. The van der Waals surface area contributed by atoms with E-state index in [1.807, 2.05) is 36.4 Å². The number of carboxylic acid groups (broad SMARTS) is 1. The van der Waals surface area contributed by atoms with Crippen LogP contribution in [0.1, 0.15) is 23.5 Å². The van der Waals surface area contributed by atoms with Crippen LogP contribution in [0, 0.1) is 0 Å². The molecule has 1 unspecified atom stereocenters. The molecule has 4 nitrogen and oxygen atoms in total. The fraction of sp³-hybridized carbons (Fsp3) is 0.235. The van der Waals surface area contributed by atoms with Crippen LogP contribution < -0.4 is 4.90 Å². The van der Waals surface area contributed by atoms with E-state index < -0.39 is 11.9 Å². The number of nitrogens with zero attached hydrogens (tertiary/aromatic N) is 1. The number of phenols is 1. The number of carbonyl (C=O) groups is 1. The zero-order chi connectivity index (χ0) is 14.8. The molecular weight excluding hydrogens is 266 g/mol. The molecule has 0 radical (unpaired) electrons. The molecule has 2 N–H and O–H groups in total. The van der Waals surface area contributed by atoms with E-state index in [-0.39, 0.29) is 5.75 Å². The van der Waals surface area contributed by atoms with Gasteiger partial charge in [0.2, 0.25) is 0 Å². The molecule has 1 heterocycles. The molecule has 3 rings (SSSR count). The SMILES string of the molecule is O=C(O)C1CCN(Cc2cccc(O)c2)c2ccccc21. The first-order valence-electron chi connectivity index (χ1n) is 7.00. The lowest BCUT2D eigenvalue weighted by atomic mass is 9.90. The van der Waals surface area contributed by atoms with Crippen LogP contribution in [0.4, 0.5) is 5.69 Å². The molecule has 1 aliphatic heterocycles. The van der Waals surface area contributed by atoms with Gasteiger partial charge in [-0.25, -0.2) is 0 Å². The quantitative estimate of drug-likeness (QED) is 0.909. The van der Waals surface area contributed by atoms with Crippen molar-refractivity contribution in [2.24, 2.45) is 0 Å². The predicted octanol–water partition coefficient (Wildman–Crippen LogP) is 2.97. The number of benzene rings is 2. The van der Waals surface area contributed by atoms with Crippen LogP contribution >= 0.6 is 0 Å². The van der Waals surface area contributed by atoms with Crippen LogP contribution in [0.15, 0.2) is 48.5 Å². The number of rotatable bonds is 3. The van der Waals surface area contributed by atoms with Crippen molar-refractivity contribution in [2.45, 2.75) is 18.9 Å². The lowest BCUT2D eigenvalue weighted by molar-refractivity contribution is -0.139. The van der Waals surface area contributed by atoms with Gasteiger partial charge in [0.05, 0.1) is 5.92 Å². The molecule has 4 heteroatoms. The normalized spacial score (nSPS) is 17.3. The van der Waals surface area contributed by atoms with Crippen LogP contribution in [0.25, 0.3) is 0 Å². The van der Waals surface area contributed by atoms with Gasteiger partial charge in [0.25, 0.3) is 0 Å². The Morgan fingerprint density at radius 2 is 2.00 bits per heavy atom. The lowest BCUT2D eigenvalue weighted by Gasteiger charge is -2.34. The number of aliphatic carboxylic acids is 1. The molecule has 0 fully saturated rings. The molecule has 0 aromatic heterocycles. The van der Waals surface area contributed by atoms with E-state index in [9.17, 15) is 15.0 Å². The predicted molar refractivity (Wildman–Crippen MR) is 80.6 cm³/mol. The maximum absolute atomic E-state index is 11.4. The standard InChI is InChI=1S/C17H17NO3/c19-13-5-3-4-12(10-13)11-18-9-8-15(17(20)21)14-6-1-2-7-16(14)18/h1-7,10,15,19H,8-9,11H2,(H,20,21). The molecule has 0 spiro atoms. The molecular formula is C17H17NO3. The Morgan fingerprint density at radius 3 is 2.76 bits per heavy atom. The number of hydrogen-bond acceptors (Lipinski definition) is 3. The van der Waals surface area contributed by atoms with Crippen molar-refractivity contribution in [2.75, 3.05) is 11.4 Å². The minimum absolute atomic E-state index is 0.251. The van der Waals surface area contributed by atoms with E-state index in [1.165, 1.54) is 0 Å². The Balaban J connectivity index is 1.91. The Hall–Kier alpha value is -2.49. The number of para-hydroxylation sites is 1. The van der Waals surface area contributed by atoms with Crippen molar-refractivity contribution in [1.82, 2.24) is 0 Å². The maximum Gasteiger partial charge on any atom is 0.311 e. The first-order valence-corrected chi connectivity index (χ1v) is 7.00. The van der Waals surface area contributed by atoms with Crippen LogP contribution in [0.3, 0.4) is 0 Å². The average molecular weight is 283 g/mol. The summed E-state index contributed by atoms with van der Waals surface area (Å²) < 4.78 is 0. The highest BCUT2D eigenvalue weighted by Crippen LogP contribution is 2.36. The summed E-state index contributed by atoms with van der Waals surface area (Å²) in [5.41, 5.74) is 2.86. The average Bonchev–Trinajstić information content (AvgIpc) is 2.47. The van der Waals surface area contributed by atoms with Gasteiger partial charge >= 0.3 is 5.97 Å². The van der Waals surface area contributed by atoms with Crippen molar-refractivity contribution in [3.63, 3.8) is 0 Å². The summed E-state index contributed by atoms with van der Waals surface area (Å²) in [6.45, 7) is 1.36. The van der Waals surface area contributed by atoms with Gasteiger partial charge in [-0.3, -0.25) is 4.79 Å². The minimum Gasteiger partial charge on any atom is -0.508 e. The first-order chi connectivity index (χ1) is 10.1. The molecule has 108 valence electrons. The fourth-order valence-electron chi connectivity index (χ4n) is 2.93. The van der Waals surface area contributed by atoms with E-state index in [4.69, 9.17) is 0 Å². The van der Waals surface area contributed by atoms with Gasteiger partial charge < -0.3 is 15.1 Å². The Bertz CT molecular complexity index is 669. The molecule has 0 bridgehead atoms. The van der Waals surface area contributed by atoms with Gasteiger partial charge in [0.15, 0.2) is 0 Å². The van der Waals surface area contributed by atoms with Crippen LogP contribution in [0.5, 0.6) is 5.75 Å². The van der Waals surface area contributed by atoms with Gasteiger partial charge in [0.1, 0.15) is 5.75 Å². The highest BCUT2D eigenvalue weighted by molar-refractivity contribution is 5.80. The van der Waals surface area contributed by atoms with E-state index in [0.717, 1.165) is 16.8 Å². The van der Waals surface area contributed by atoms with Crippen molar-refractivity contribution >= 4 is 11.7 Å². The monoisotopic (exact) mass is 283 g/mol. The lowest BCUT2D eigenvalue weighted by Crippen LogP contribution is -2.33. The number of phenolic OH excluding ortho intramolecular Hbond substituents is 1. The Morgan fingerprint density at radius 1 is 1.19 bits per heavy atom. The third-order valence-electron chi connectivity index (χ3n) is 3.92. The first kappa shape index (κ1) is 13.5. The van der Waals surface area contributed by atoms with Crippen molar-refractivity contribution in [1.29, 1.82) is 0 Å². The maximum atomic E-state index is 11.4. The zero-order valence-electron chi connectivity index (χ0n) is 11.6. The molecule has 2 aromatic carbocycles. The summed E-state index contributed by atoms with van der Waals surface area (Å²) in [5, 5.41) is 18.9. The molecule has 0 amide bonds. The van der Waals surface area contributed by atoms with E-state index in [0.29, 0.717) is 19.5 Å². The summed E-state index contributed by atoms with van der Waals surface area (Å²) in [7, 11) is 0. The second-order valence-corrected chi connectivity index (χ2v) is 5.33. The van der Waals surface area contributed by atoms with Gasteiger partial charge in [-0.05, 0) is 35.7 Å². The molecule has 0 saturated carbocycles. The van der Waals surface area contributed by atoms with Crippen molar-refractivity contribution in [3.8, 4) is 5.75 Å². The number of anilines is 1. The van der Waals surface area contributed by atoms with Gasteiger partial charge in [-0.2, -0.15) is 0 Å². The summed E-state index contributed by atoms with van der Waals surface area (Å²) in [6, 6.07) is 14.8. The molecule has 1 atom stereocenters. The number of fused-ring (bicyclic) bond motifs is 1. The third-order valence-corrected chi connectivity index (χ3v) is 3.92. The minimum atomic E-state index is -0.764. The highest BCUT2D eigenvalue weighted by Gasteiger charge is 2.29. The Kier molecular flexibility index (Phi) is 3.52.